The van der Waals surface area contributed by atoms with E-state index in [0.717, 1.165) is 5.75 Å². The summed E-state index contributed by atoms with van der Waals surface area (Å²) in [6, 6.07) is 16.7. The second-order valence-corrected chi connectivity index (χ2v) is 6.20. The van der Waals surface area contributed by atoms with Crippen LogP contribution in [0.5, 0.6) is 5.75 Å². The van der Waals surface area contributed by atoms with Crippen LogP contribution in [0, 0.1) is 0 Å². The Morgan fingerprint density at radius 1 is 1.00 bits per heavy atom. The van der Waals surface area contributed by atoms with E-state index in [1.165, 1.54) is 22.5 Å². The highest BCUT2D eigenvalue weighted by atomic mass is 127. The minimum Gasteiger partial charge on any atom is -1.00 e. The molecule has 1 aliphatic heterocycles. The normalized spacial score (nSPS) is 15.5. The van der Waals surface area contributed by atoms with Gasteiger partial charge in [-0.2, -0.15) is 4.58 Å². The van der Waals surface area contributed by atoms with E-state index >= 15 is 0 Å². The zero-order chi connectivity index (χ0) is 15.7. The molecular weight excluding hydrogens is 397 g/mol. The highest BCUT2D eigenvalue weighted by Gasteiger charge is 2.43. The summed E-state index contributed by atoms with van der Waals surface area (Å²) in [4.78, 5) is 0. The Morgan fingerprint density at radius 3 is 2.35 bits per heavy atom. The van der Waals surface area contributed by atoms with Crippen molar-refractivity contribution in [3.63, 3.8) is 0 Å². The molecule has 0 unspecified atom stereocenters. The van der Waals surface area contributed by atoms with Gasteiger partial charge in [-0.15, -0.1) is 0 Å². The molecule has 2 aromatic carbocycles. The lowest BCUT2D eigenvalue weighted by atomic mass is 9.81. The van der Waals surface area contributed by atoms with Crippen molar-refractivity contribution in [1.82, 2.24) is 0 Å². The van der Waals surface area contributed by atoms with Crippen LogP contribution in [0.15, 0.2) is 54.6 Å². The molecule has 1 aliphatic rings. The summed E-state index contributed by atoms with van der Waals surface area (Å²) in [5.74, 6) is 0.911. The second kappa shape index (κ2) is 6.87. The van der Waals surface area contributed by atoms with Crippen LogP contribution in [0.4, 0.5) is 5.69 Å². The van der Waals surface area contributed by atoms with Crippen molar-refractivity contribution in [1.29, 1.82) is 0 Å². The second-order valence-electron chi connectivity index (χ2n) is 6.20. The molecule has 0 bridgehead atoms. The van der Waals surface area contributed by atoms with Crippen LogP contribution in [-0.2, 0) is 5.41 Å². The SMILES string of the molecule is COc1ccc2c(c1)C(C)(C)C(/C=C/c1ccccc1)=[N+]2C.[I-]. The first-order valence-electron chi connectivity index (χ1n) is 7.57. The maximum Gasteiger partial charge on any atom is 0.209 e. The molecule has 0 saturated carbocycles. The molecule has 0 N–H and O–H groups in total. The minimum absolute atomic E-state index is 0. The van der Waals surface area contributed by atoms with E-state index in [2.05, 4.69) is 74.0 Å². The van der Waals surface area contributed by atoms with Gasteiger partial charge in [-0.3, -0.25) is 0 Å². The standard InChI is InChI=1S/C20H22NO.HI/c1-20(2)17-14-16(22-4)11-12-18(17)21(3)19(20)13-10-15-8-6-5-7-9-15;/h5-14H,1-4H3;1H/q+1;/p-1/b13-10+;. The molecule has 3 heteroatoms. The van der Waals surface area contributed by atoms with Crippen molar-refractivity contribution in [2.24, 2.45) is 0 Å². The van der Waals surface area contributed by atoms with Crippen molar-refractivity contribution < 1.29 is 33.3 Å². The molecule has 2 aromatic rings. The molecule has 0 spiro atoms. The summed E-state index contributed by atoms with van der Waals surface area (Å²) < 4.78 is 7.66. The number of hydrogen-bond acceptors (Lipinski definition) is 1. The van der Waals surface area contributed by atoms with E-state index in [9.17, 15) is 0 Å². The first-order valence-corrected chi connectivity index (χ1v) is 7.57. The lowest BCUT2D eigenvalue weighted by Crippen LogP contribution is -3.00. The number of rotatable bonds is 3. The molecule has 0 saturated heterocycles. The van der Waals surface area contributed by atoms with Gasteiger partial charge in [-0.25, -0.2) is 0 Å². The average Bonchev–Trinajstić information content (AvgIpc) is 2.73. The molecule has 3 rings (SSSR count). The monoisotopic (exact) mass is 419 g/mol. The Hall–Kier alpha value is -1.62. The zero-order valence-corrected chi connectivity index (χ0v) is 16.2. The molecule has 0 fully saturated rings. The number of benzene rings is 2. The maximum atomic E-state index is 5.39. The van der Waals surface area contributed by atoms with Gasteiger partial charge in [0.1, 0.15) is 12.8 Å². The van der Waals surface area contributed by atoms with Crippen LogP contribution in [0.2, 0.25) is 0 Å². The highest BCUT2D eigenvalue weighted by Crippen LogP contribution is 2.41. The fourth-order valence-corrected chi connectivity index (χ4v) is 3.18. The Bertz CT molecular complexity index is 760. The van der Waals surface area contributed by atoms with Gasteiger partial charge in [0.15, 0.2) is 5.71 Å². The predicted molar refractivity (Wildman–Crippen MR) is 92.3 cm³/mol. The minimum atomic E-state index is -0.0378. The first-order chi connectivity index (χ1) is 10.5. The molecule has 0 aliphatic carbocycles. The molecule has 2 nitrogen and oxygen atoms in total. The summed E-state index contributed by atoms with van der Waals surface area (Å²) >= 11 is 0. The summed E-state index contributed by atoms with van der Waals surface area (Å²) in [6.07, 6.45) is 4.40. The van der Waals surface area contributed by atoms with Crippen LogP contribution in [0.1, 0.15) is 25.0 Å². The molecule has 0 aromatic heterocycles. The number of fused-ring (bicyclic) bond motifs is 1. The number of methoxy groups -OCH3 is 1. The molecule has 23 heavy (non-hydrogen) atoms. The van der Waals surface area contributed by atoms with E-state index in [-0.39, 0.29) is 29.4 Å². The van der Waals surface area contributed by atoms with E-state index in [1.807, 2.05) is 12.1 Å². The fraction of sp³-hybridized carbons (Fsp3) is 0.250. The van der Waals surface area contributed by atoms with Crippen LogP contribution >= 0.6 is 0 Å². The summed E-state index contributed by atoms with van der Waals surface area (Å²) in [6.45, 7) is 4.53. The molecule has 0 atom stereocenters. The molecule has 0 amide bonds. The topological polar surface area (TPSA) is 12.2 Å². The molecule has 1 heterocycles. The Morgan fingerprint density at radius 2 is 1.70 bits per heavy atom. The van der Waals surface area contributed by atoms with Crippen molar-refractivity contribution in [3.05, 3.63) is 65.7 Å². The third-order valence-corrected chi connectivity index (χ3v) is 4.47. The van der Waals surface area contributed by atoms with E-state index in [1.54, 1.807) is 7.11 Å². The number of ether oxygens (including phenoxy) is 1. The zero-order valence-electron chi connectivity index (χ0n) is 14.0. The highest BCUT2D eigenvalue weighted by molar-refractivity contribution is 6.05. The van der Waals surface area contributed by atoms with Gasteiger partial charge >= 0.3 is 0 Å². The number of allylic oxidation sites excluding steroid dienone is 1. The van der Waals surface area contributed by atoms with Gasteiger partial charge in [0.05, 0.1) is 12.5 Å². The number of hydrogen-bond donors (Lipinski definition) is 0. The van der Waals surface area contributed by atoms with E-state index < -0.39 is 0 Å². The first kappa shape index (κ1) is 17.7. The van der Waals surface area contributed by atoms with Gasteiger partial charge in [-0.05, 0) is 37.6 Å². The van der Waals surface area contributed by atoms with Gasteiger partial charge in [0.2, 0.25) is 5.69 Å². The van der Waals surface area contributed by atoms with E-state index in [0.29, 0.717) is 0 Å². The Kier molecular flexibility index (Phi) is 5.30. The third-order valence-electron chi connectivity index (χ3n) is 4.47. The smallest absolute Gasteiger partial charge is 0.209 e. The quantitative estimate of drug-likeness (QED) is 0.542. The number of nitrogens with zero attached hydrogens (tertiary/aromatic N) is 1. The predicted octanol–water partition coefficient (Wildman–Crippen LogP) is 1.42. The summed E-state index contributed by atoms with van der Waals surface area (Å²) in [7, 11) is 3.85. The van der Waals surface area contributed by atoms with Crippen molar-refractivity contribution in [2.45, 2.75) is 19.3 Å². The summed E-state index contributed by atoms with van der Waals surface area (Å²) in [5.41, 5.74) is 5.03. The Balaban J connectivity index is 0.00000192. The van der Waals surface area contributed by atoms with Gasteiger partial charge in [0.25, 0.3) is 0 Å². The third kappa shape index (κ3) is 3.20. The van der Waals surface area contributed by atoms with Crippen molar-refractivity contribution in [2.75, 3.05) is 14.2 Å². The average molecular weight is 419 g/mol. The van der Waals surface area contributed by atoms with Gasteiger partial charge < -0.3 is 28.7 Å². The Labute approximate surface area is 155 Å². The maximum absolute atomic E-state index is 5.39. The van der Waals surface area contributed by atoms with Crippen molar-refractivity contribution in [3.8, 4) is 5.75 Å². The fourth-order valence-electron chi connectivity index (χ4n) is 3.18. The lowest BCUT2D eigenvalue weighted by Gasteiger charge is -2.16. The lowest BCUT2D eigenvalue weighted by molar-refractivity contribution is -0.401. The molecule has 0 radical (unpaired) electrons. The van der Waals surface area contributed by atoms with Gasteiger partial charge in [0, 0.05) is 17.7 Å². The van der Waals surface area contributed by atoms with Crippen LogP contribution in [-0.4, -0.2) is 24.4 Å². The van der Waals surface area contributed by atoms with E-state index in [4.69, 9.17) is 4.74 Å². The van der Waals surface area contributed by atoms with Gasteiger partial charge in [-0.1, -0.05) is 30.3 Å². The largest absolute Gasteiger partial charge is 1.00 e. The van der Waals surface area contributed by atoms with Crippen LogP contribution < -0.4 is 28.7 Å². The van der Waals surface area contributed by atoms with Crippen molar-refractivity contribution >= 4 is 17.5 Å². The summed E-state index contributed by atoms with van der Waals surface area (Å²) in [5, 5.41) is 0. The molecular formula is C20H22INO. The van der Waals surface area contributed by atoms with Crippen LogP contribution in [0.3, 0.4) is 0 Å². The molecule has 120 valence electrons. The number of halogens is 1. The van der Waals surface area contributed by atoms with Crippen LogP contribution in [0.25, 0.3) is 6.08 Å².